The molecule has 2 aromatic heterocycles. The number of hydrogen-bond donors (Lipinski definition) is 2. The van der Waals surface area contributed by atoms with E-state index in [4.69, 9.17) is 4.98 Å². The highest BCUT2D eigenvalue weighted by Gasteiger charge is 2.25. The van der Waals surface area contributed by atoms with Crippen LogP contribution in [0.4, 0.5) is 0 Å². The van der Waals surface area contributed by atoms with E-state index < -0.39 is 5.97 Å². The molecule has 25 heavy (non-hydrogen) atoms. The summed E-state index contributed by atoms with van der Waals surface area (Å²) in [6.07, 6.45) is 4.67. The molecule has 1 aromatic carbocycles. The Morgan fingerprint density at radius 1 is 1.24 bits per heavy atom. The third kappa shape index (κ3) is 2.52. The summed E-state index contributed by atoms with van der Waals surface area (Å²) >= 11 is 0. The molecule has 0 atom stereocenters. The fourth-order valence-electron chi connectivity index (χ4n) is 3.67. The minimum atomic E-state index is -0.883. The molecule has 0 radical (unpaired) electrons. The molecular weight excluding hydrogens is 314 g/mol. The van der Waals surface area contributed by atoms with Crippen LogP contribution < -0.4 is 0 Å². The molecule has 5 nitrogen and oxygen atoms in total. The highest BCUT2D eigenvalue weighted by atomic mass is 16.4. The number of aryl methyl sites for hydroxylation is 2. The number of nitrogens with zero attached hydrogens (tertiary/aromatic N) is 2. The molecule has 1 aliphatic carbocycles. The summed E-state index contributed by atoms with van der Waals surface area (Å²) in [5.74, 6) is -0.883. The number of carbonyl (C=O) groups is 1. The summed E-state index contributed by atoms with van der Waals surface area (Å²) in [4.78, 5) is 16.8. The van der Waals surface area contributed by atoms with Crippen LogP contribution in [0.25, 0.3) is 22.6 Å². The van der Waals surface area contributed by atoms with Crippen LogP contribution in [0, 0.1) is 13.8 Å². The molecule has 0 fully saturated rings. The van der Waals surface area contributed by atoms with Gasteiger partial charge >= 0.3 is 5.97 Å². The van der Waals surface area contributed by atoms with Gasteiger partial charge in [-0.25, -0.2) is 9.78 Å². The van der Waals surface area contributed by atoms with Crippen LogP contribution in [-0.4, -0.2) is 26.3 Å². The van der Waals surface area contributed by atoms with Crippen molar-refractivity contribution in [3.63, 3.8) is 0 Å². The van der Waals surface area contributed by atoms with E-state index in [9.17, 15) is 9.90 Å². The molecule has 0 unspecified atom stereocenters. The van der Waals surface area contributed by atoms with Crippen LogP contribution in [0.3, 0.4) is 0 Å². The Morgan fingerprint density at radius 2 is 2.04 bits per heavy atom. The van der Waals surface area contributed by atoms with Crippen molar-refractivity contribution in [2.45, 2.75) is 33.1 Å². The lowest BCUT2D eigenvalue weighted by molar-refractivity contribution is 0.0697. The van der Waals surface area contributed by atoms with Crippen LogP contribution in [0.2, 0.25) is 0 Å². The van der Waals surface area contributed by atoms with Crippen molar-refractivity contribution >= 4 is 28.5 Å². The Bertz CT molecular complexity index is 1010. The monoisotopic (exact) mass is 333 g/mol. The Balaban J connectivity index is 2.00. The fraction of sp³-hybridized carbons (Fsp3) is 0.250. The number of para-hydroxylation sites is 1. The van der Waals surface area contributed by atoms with Crippen molar-refractivity contribution in [1.29, 1.82) is 0 Å². The largest absolute Gasteiger partial charge is 0.478 e. The van der Waals surface area contributed by atoms with Gasteiger partial charge in [0.2, 0.25) is 0 Å². The van der Waals surface area contributed by atoms with Crippen molar-refractivity contribution < 1.29 is 9.90 Å². The van der Waals surface area contributed by atoms with E-state index >= 15 is 0 Å². The predicted molar refractivity (Wildman–Crippen MR) is 97.6 cm³/mol. The van der Waals surface area contributed by atoms with E-state index in [-0.39, 0.29) is 0 Å². The van der Waals surface area contributed by atoms with Gasteiger partial charge in [-0.05, 0) is 56.4 Å². The van der Waals surface area contributed by atoms with Gasteiger partial charge in [-0.15, -0.1) is 0 Å². The van der Waals surface area contributed by atoms with Crippen LogP contribution in [0.15, 0.2) is 24.3 Å². The molecule has 2 heterocycles. The zero-order valence-corrected chi connectivity index (χ0v) is 14.3. The molecule has 4 rings (SSSR count). The van der Waals surface area contributed by atoms with Crippen LogP contribution in [0.5, 0.6) is 0 Å². The molecule has 0 saturated heterocycles. The smallest absolute Gasteiger partial charge is 0.336 e. The topological polar surface area (TPSA) is 78.9 Å². The molecule has 126 valence electrons. The van der Waals surface area contributed by atoms with Crippen molar-refractivity contribution in [2.24, 2.45) is 0 Å². The number of allylic oxidation sites excluding steroid dienone is 1. The molecule has 1 aliphatic rings. The standard InChI is InChI=1S/C20H19N3O2/c1-11-16(12(2)23-22-11)10-13-6-5-8-15-18(20(24)25)14-7-3-4-9-17(14)21-19(13)15/h3-4,7,9-10H,5-6,8H2,1-2H3,(H,22,23)(H,24,25). The third-order valence-electron chi connectivity index (χ3n) is 4.89. The normalized spacial score (nSPS) is 15.5. The molecule has 0 amide bonds. The molecule has 0 saturated carbocycles. The Kier molecular flexibility index (Phi) is 3.64. The van der Waals surface area contributed by atoms with Crippen molar-refractivity contribution in [3.8, 4) is 0 Å². The number of fused-ring (bicyclic) bond motifs is 2. The van der Waals surface area contributed by atoms with Gasteiger partial charge in [0.05, 0.1) is 22.5 Å². The van der Waals surface area contributed by atoms with E-state index in [1.165, 1.54) is 0 Å². The van der Waals surface area contributed by atoms with Gasteiger partial charge in [-0.1, -0.05) is 18.2 Å². The number of rotatable bonds is 2. The van der Waals surface area contributed by atoms with E-state index in [1.807, 2.05) is 38.1 Å². The van der Waals surface area contributed by atoms with Crippen LogP contribution in [-0.2, 0) is 6.42 Å². The maximum Gasteiger partial charge on any atom is 0.336 e. The summed E-state index contributed by atoms with van der Waals surface area (Å²) in [6, 6.07) is 7.47. The van der Waals surface area contributed by atoms with Crippen molar-refractivity contribution in [3.05, 3.63) is 58.0 Å². The molecule has 2 N–H and O–H groups in total. The summed E-state index contributed by atoms with van der Waals surface area (Å²) in [5, 5.41) is 17.8. The maximum atomic E-state index is 12.0. The van der Waals surface area contributed by atoms with Crippen molar-refractivity contribution in [2.75, 3.05) is 0 Å². The number of hydrogen-bond acceptors (Lipinski definition) is 3. The number of carboxylic acids is 1. The zero-order chi connectivity index (χ0) is 17.6. The van der Waals surface area contributed by atoms with Gasteiger partial charge in [0.1, 0.15) is 0 Å². The quantitative estimate of drug-likeness (QED) is 0.738. The highest BCUT2D eigenvalue weighted by Crippen LogP contribution is 2.36. The van der Waals surface area contributed by atoms with Gasteiger partial charge in [0.15, 0.2) is 0 Å². The third-order valence-corrected chi connectivity index (χ3v) is 4.89. The Hall–Kier alpha value is -2.95. The number of pyridine rings is 1. The molecule has 5 heteroatoms. The second kappa shape index (κ2) is 5.84. The molecule has 0 bridgehead atoms. The molecule has 3 aromatic rings. The number of H-pyrrole nitrogens is 1. The van der Waals surface area contributed by atoms with E-state index in [1.54, 1.807) is 0 Å². The zero-order valence-electron chi connectivity index (χ0n) is 14.3. The van der Waals surface area contributed by atoms with Crippen LogP contribution in [0.1, 0.15) is 51.4 Å². The minimum Gasteiger partial charge on any atom is -0.478 e. The van der Waals surface area contributed by atoms with Gasteiger partial charge < -0.3 is 5.11 Å². The summed E-state index contributed by atoms with van der Waals surface area (Å²) in [7, 11) is 0. The average molecular weight is 333 g/mol. The second-order valence-corrected chi connectivity index (χ2v) is 6.51. The number of aromatic carboxylic acids is 1. The van der Waals surface area contributed by atoms with E-state index in [2.05, 4.69) is 16.3 Å². The molecular formula is C20H19N3O2. The molecule has 0 spiro atoms. The predicted octanol–water partition coefficient (Wildman–Crippen LogP) is 4.15. The minimum absolute atomic E-state index is 0.395. The SMILES string of the molecule is Cc1n[nH]c(C)c1C=C1CCCc2c1nc1ccccc1c2C(=O)O. The van der Waals surface area contributed by atoms with E-state index in [0.29, 0.717) is 10.9 Å². The van der Waals surface area contributed by atoms with E-state index in [0.717, 1.165) is 58.6 Å². The Morgan fingerprint density at radius 3 is 2.76 bits per heavy atom. The average Bonchev–Trinajstić information content (AvgIpc) is 2.91. The van der Waals surface area contributed by atoms with Gasteiger partial charge in [-0.2, -0.15) is 5.10 Å². The summed E-state index contributed by atoms with van der Waals surface area (Å²) < 4.78 is 0. The summed E-state index contributed by atoms with van der Waals surface area (Å²) in [6.45, 7) is 3.96. The number of aromatic nitrogens is 3. The second-order valence-electron chi connectivity index (χ2n) is 6.51. The lowest BCUT2D eigenvalue weighted by Crippen LogP contribution is -2.13. The lowest BCUT2D eigenvalue weighted by Gasteiger charge is -2.21. The first-order chi connectivity index (χ1) is 12.1. The first-order valence-corrected chi connectivity index (χ1v) is 8.43. The van der Waals surface area contributed by atoms with Gasteiger partial charge in [0.25, 0.3) is 0 Å². The first kappa shape index (κ1) is 15.6. The summed E-state index contributed by atoms with van der Waals surface area (Å²) in [5.41, 5.74) is 6.90. The lowest BCUT2D eigenvalue weighted by atomic mass is 9.86. The first-order valence-electron chi connectivity index (χ1n) is 8.43. The highest BCUT2D eigenvalue weighted by molar-refractivity contribution is 6.05. The number of benzene rings is 1. The number of aromatic amines is 1. The van der Waals surface area contributed by atoms with Gasteiger partial charge in [-0.3, -0.25) is 5.10 Å². The van der Waals surface area contributed by atoms with Crippen LogP contribution >= 0.6 is 0 Å². The fourth-order valence-corrected chi connectivity index (χ4v) is 3.67. The molecule has 0 aliphatic heterocycles. The number of nitrogens with one attached hydrogen (secondary N) is 1. The van der Waals surface area contributed by atoms with Gasteiger partial charge in [0, 0.05) is 16.6 Å². The van der Waals surface area contributed by atoms with Crippen molar-refractivity contribution in [1.82, 2.24) is 15.2 Å². The maximum absolute atomic E-state index is 12.0. The number of carboxylic acid groups (broad SMARTS) is 1. The Labute approximate surface area is 145 Å².